The summed E-state index contributed by atoms with van der Waals surface area (Å²) in [5.41, 5.74) is 8.14. The van der Waals surface area contributed by atoms with E-state index >= 15 is 0 Å². The topological polar surface area (TPSA) is 55.6 Å². The van der Waals surface area contributed by atoms with E-state index in [1.165, 1.54) is 0 Å². The molecular weight excluding hydrogens is 288 g/mol. The first-order chi connectivity index (χ1) is 11.1. The van der Waals surface area contributed by atoms with Crippen LogP contribution in [0.25, 0.3) is 0 Å². The smallest absolute Gasteiger partial charge is 0.254 e. The van der Waals surface area contributed by atoms with E-state index in [4.69, 9.17) is 10.5 Å². The predicted octanol–water partition coefficient (Wildman–Crippen LogP) is 3.26. The third kappa shape index (κ3) is 3.08. The Morgan fingerprint density at radius 1 is 1.13 bits per heavy atom. The highest BCUT2D eigenvalue weighted by atomic mass is 16.5. The van der Waals surface area contributed by atoms with E-state index in [1.807, 2.05) is 61.2 Å². The van der Waals surface area contributed by atoms with Crippen molar-refractivity contribution in [2.24, 2.45) is 0 Å². The molecule has 0 saturated carbocycles. The summed E-state index contributed by atoms with van der Waals surface area (Å²) in [4.78, 5) is 14.9. The molecule has 0 unspecified atom stereocenters. The lowest BCUT2D eigenvalue weighted by Crippen LogP contribution is -2.53. The summed E-state index contributed by atoms with van der Waals surface area (Å²) < 4.78 is 6.01. The standard InChI is InChI=1S/C19H22N2O2/c1-13-12-23-18(15-7-4-3-5-8-15)14(2)21(13)19(22)16-9-6-10-17(20)11-16/h3-11,13-14,18H,12,20H2,1-2H3/t13-,14-,18-/m1/s1. The Labute approximate surface area is 136 Å². The van der Waals surface area contributed by atoms with Crippen LogP contribution in [0.2, 0.25) is 0 Å². The third-order valence-electron chi connectivity index (χ3n) is 4.36. The molecule has 0 bridgehead atoms. The molecule has 1 heterocycles. The quantitative estimate of drug-likeness (QED) is 0.866. The molecule has 2 aromatic rings. The Bertz CT molecular complexity index is 687. The number of ether oxygens (including phenoxy) is 1. The summed E-state index contributed by atoms with van der Waals surface area (Å²) in [5.74, 6) is 0.00142. The van der Waals surface area contributed by atoms with Crippen molar-refractivity contribution >= 4 is 11.6 Å². The lowest BCUT2D eigenvalue weighted by molar-refractivity contribution is -0.0806. The number of nitrogens with two attached hydrogens (primary N) is 1. The molecule has 1 saturated heterocycles. The molecule has 1 fully saturated rings. The van der Waals surface area contributed by atoms with E-state index in [1.54, 1.807) is 12.1 Å². The molecule has 3 atom stereocenters. The Balaban J connectivity index is 1.89. The van der Waals surface area contributed by atoms with Crippen molar-refractivity contribution in [3.8, 4) is 0 Å². The highest BCUT2D eigenvalue weighted by molar-refractivity contribution is 5.95. The van der Waals surface area contributed by atoms with Crippen molar-refractivity contribution in [1.29, 1.82) is 0 Å². The summed E-state index contributed by atoms with van der Waals surface area (Å²) in [6.45, 7) is 4.58. The van der Waals surface area contributed by atoms with Gasteiger partial charge in [0.25, 0.3) is 5.91 Å². The van der Waals surface area contributed by atoms with Crippen LogP contribution in [0.1, 0.15) is 35.9 Å². The van der Waals surface area contributed by atoms with Crippen LogP contribution in [0, 0.1) is 0 Å². The third-order valence-corrected chi connectivity index (χ3v) is 4.36. The second-order valence-electron chi connectivity index (χ2n) is 6.09. The molecule has 4 heteroatoms. The maximum Gasteiger partial charge on any atom is 0.254 e. The van der Waals surface area contributed by atoms with Gasteiger partial charge in [-0.25, -0.2) is 0 Å². The largest absolute Gasteiger partial charge is 0.399 e. The lowest BCUT2D eigenvalue weighted by Gasteiger charge is -2.44. The maximum atomic E-state index is 13.0. The minimum atomic E-state index is -0.114. The Kier molecular flexibility index (Phi) is 4.35. The summed E-state index contributed by atoms with van der Waals surface area (Å²) >= 11 is 0. The predicted molar refractivity (Wildman–Crippen MR) is 91.1 cm³/mol. The zero-order chi connectivity index (χ0) is 16.4. The molecule has 2 N–H and O–H groups in total. The molecule has 4 nitrogen and oxygen atoms in total. The second kappa shape index (κ2) is 6.42. The molecular formula is C19H22N2O2. The Morgan fingerprint density at radius 2 is 1.87 bits per heavy atom. The van der Waals surface area contributed by atoms with Gasteiger partial charge >= 0.3 is 0 Å². The molecule has 0 radical (unpaired) electrons. The van der Waals surface area contributed by atoms with Gasteiger partial charge in [-0.15, -0.1) is 0 Å². The van der Waals surface area contributed by atoms with E-state index in [2.05, 4.69) is 0 Å². The number of hydrogen-bond donors (Lipinski definition) is 1. The number of benzene rings is 2. The summed E-state index contributed by atoms with van der Waals surface area (Å²) in [7, 11) is 0. The average molecular weight is 310 g/mol. The number of nitrogens with zero attached hydrogens (tertiary/aromatic N) is 1. The Hall–Kier alpha value is -2.33. The highest BCUT2D eigenvalue weighted by Crippen LogP contribution is 2.32. The van der Waals surface area contributed by atoms with E-state index in [9.17, 15) is 4.79 Å². The highest BCUT2D eigenvalue weighted by Gasteiger charge is 2.37. The molecule has 0 spiro atoms. The fraction of sp³-hybridized carbons (Fsp3) is 0.316. The fourth-order valence-electron chi connectivity index (χ4n) is 3.23. The number of amides is 1. The van der Waals surface area contributed by atoms with Gasteiger partial charge < -0.3 is 15.4 Å². The van der Waals surface area contributed by atoms with Crippen LogP contribution in [0.4, 0.5) is 5.69 Å². The van der Waals surface area contributed by atoms with E-state index < -0.39 is 0 Å². The Morgan fingerprint density at radius 3 is 2.57 bits per heavy atom. The lowest BCUT2D eigenvalue weighted by atomic mass is 9.97. The number of rotatable bonds is 2. The minimum absolute atomic E-state index is 0.00142. The SMILES string of the molecule is C[C@@H]1CO[C@@H](c2ccccc2)[C@@H](C)N1C(=O)c1cccc(N)c1. The van der Waals surface area contributed by atoms with Crippen molar-refractivity contribution < 1.29 is 9.53 Å². The van der Waals surface area contributed by atoms with Crippen molar-refractivity contribution in [3.05, 3.63) is 65.7 Å². The van der Waals surface area contributed by atoms with E-state index in [0.29, 0.717) is 17.9 Å². The van der Waals surface area contributed by atoms with Crippen LogP contribution in [0.15, 0.2) is 54.6 Å². The van der Waals surface area contributed by atoms with Crippen LogP contribution >= 0.6 is 0 Å². The molecule has 2 aromatic carbocycles. The van der Waals surface area contributed by atoms with Gasteiger partial charge in [0.2, 0.25) is 0 Å². The van der Waals surface area contributed by atoms with Gasteiger partial charge in [0.15, 0.2) is 0 Å². The van der Waals surface area contributed by atoms with Crippen molar-refractivity contribution in [2.75, 3.05) is 12.3 Å². The molecule has 3 rings (SSSR count). The van der Waals surface area contributed by atoms with Gasteiger partial charge in [-0.05, 0) is 37.6 Å². The van der Waals surface area contributed by atoms with Gasteiger partial charge in [0.05, 0.1) is 18.7 Å². The van der Waals surface area contributed by atoms with Crippen LogP contribution in [0.3, 0.4) is 0 Å². The average Bonchev–Trinajstić information content (AvgIpc) is 2.55. The maximum absolute atomic E-state index is 13.0. The number of nitrogen functional groups attached to an aromatic ring is 1. The monoisotopic (exact) mass is 310 g/mol. The second-order valence-corrected chi connectivity index (χ2v) is 6.09. The minimum Gasteiger partial charge on any atom is -0.399 e. The van der Waals surface area contributed by atoms with Gasteiger partial charge in [-0.1, -0.05) is 36.4 Å². The van der Waals surface area contributed by atoms with Gasteiger partial charge in [0, 0.05) is 11.3 Å². The molecule has 23 heavy (non-hydrogen) atoms. The zero-order valence-corrected chi connectivity index (χ0v) is 13.5. The van der Waals surface area contributed by atoms with Crippen molar-refractivity contribution in [2.45, 2.75) is 32.0 Å². The van der Waals surface area contributed by atoms with Crippen molar-refractivity contribution in [3.63, 3.8) is 0 Å². The van der Waals surface area contributed by atoms with Crippen LogP contribution in [-0.4, -0.2) is 29.5 Å². The molecule has 120 valence electrons. The first kappa shape index (κ1) is 15.6. The van der Waals surface area contributed by atoms with E-state index in [0.717, 1.165) is 5.56 Å². The fourth-order valence-corrected chi connectivity index (χ4v) is 3.23. The number of carbonyl (C=O) groups is 1. The summed E-state index contributed by atoms with van der Waals surface area (Å²) in [6.07, 6.45) is -0.114. The first-order valence-electron chi connectivity index (χ1n) is 7.92. The zero-order valence-electron chi connectivity index (χ0n) is 13.5. The van der Waals surface area contributed by atoms with Crippen LogP contribution < -0.4 is 5.73 Å². The van der Waals surface area contributed by atoms with Crippen molar-refractivity contribution in [1.82, 2.24) is 4.90 Å². The molecule has 0 aromatic heterocycles. The molecule has 0 aliphatic carbocycles. The van der Waals surface area contributed by atoms with E-state index in [-0.39, 0.29) is 24.1 Å². The number of morpholine rings is 1. The molecule has 1 aliphatic rings. The molecule has 1 aliphatic heterocycles. The normalized spacial score (nSPS) is 24.4. The number of hydrogen-bond acceptors (Lipinski definition) is 3. The van der Waals surface area contributed by atoms with Crippen LogP contribution in [-0.2, 0) is 4.74 Å². The molecule has 1 amide bonds. The summed E-state index contributed by atoms with van der Waals surface area (Å²) in [6, 6.07) is 17.2. The van der Waals surface area contributed by atoms with Gasteiger partial charge in [-0.2, -0.15) is 0 Å². The van der Waals surface area contributed by atoms with Crippen LogP contribution in [0.5, 0.6) is 0 Å². The van der Waals surface area contributed by atoms with Gasteiger partial charge in [0.1, 0.15) is 6.10 Å². The number of anilines is 1. The number of carbonyl (C=O) groups excluding carboxylic acids is 1. The van der Waals surface area contributed by atoms with Gasteiger partial charge in [-0.3, -0.25) is 4.79 Å². The first-order valence-corrected chi connectivity index (χ1v) is 7.92. The summed E-state index contributed by atoms with van der Waals surface area (Å²) in [5, 5.41) is 0.